The summed E-state index contributed by atoms with van der Waals surface area (Å²) < 4.78 is 24.1. The van der Waals surface area contributed by atoms with Gasteiger partial charge in [-0.1, -0.05) is 19.1 Å². The number of nitrogens with two attached hydrogens (primary N) is 1. The fraction of sp³-hybridized carbons (Fsp3) is 0.600. The Morgan fingerprint density at radius 2 is 1.70 bits per heavy atom. The molecule has 114 valence electrons. The minimum atomic E-state index is -3.21. The Morgan fingerprint density at radius 1 is 1.15 bits per heavy atom. The lowest BCUT2D eigenvalue weighted by molar-refractivity contribution is 0.217. The van der Waals surface area contributed by atoms with E-state index in [0.29, 0.717) is 11.4 Å². The van der Waals surface area contributed by atoms with Crippen LogP contribution < -0.4 is 5.73 Å². The molecule has 1 rings (SSSR count). The first kappa shape index (κ1) is 17.1. The van der Waals surface area contributed by atoms with Crippen LogP contribution in [0.25, 0.3) is 0 Å². The van der Waals surface area contributed by atoms with Crippen LogP contribution in [-0.2, 0) is 9.84 Å². The quantitative estimate of drug-likeness (QED) is 0.806. The molecule has 1 aromatic rings. The van der Waals surface area contributed by atoms with Gasteiger partial charge in [-0.15, -0.1) is 0 Å². The van der Waals surface area contributed by atoms with E-state index < -0.39 is 15.1 Å². The lowest BCUT2D eigenvalue weighted by atomic mass is 9.91. The SMILES string of the molecule is CC(CC(CN)CO)c1ccc(S(=O)(=O)C(C)C)cc1. The number of hydrogen-bond donors (Lipinski definition) is 2. The molecule has 0 bridgehead atoms. The van der Waals surface area contributed by atoms with Crippen molar-refractivity contribution in [2.45, 2.75) is 43.3 Å². The first-order valence-corrected chi connectivity index (χ1v) is 8.52. The maximum absolute atomic E-state index is 12.0. The van der Waals surface area contributed by atoms with Crippen molar-refractivity contribution in [3.63, 3.8) is 0 Å². The molecule has 0 saturated heterocycles. The average molecular weight is 299 g/mol. The molecule has 2 unspecified atom stereocenters. The van der Waals surface area contributed by atoms with Crippen molar-refractivity contribution in [3.8, 4) is 0 Å². The van der Waals surface area contributed by atoms with Gasteiger partial charge in [0.05, 0.1) is 10.1 Å². The summed E-state index contributed by atoms with van der Waals surface area (Å²) in [7, 11) is -3.21. The molecule has 0 spiro atoms. The molecule has 0 aliphatic heterocycles. The molecule has 20 heavy (non-hydrogen) atoms. The Bertz CT molecular complexity index is 504. The van der Waals surface area contributed by atoms with E-state index in [0.717, 1.165) is 12.0 Å². The second-order valence-corrected chi connectivity index (χ2v) is 8.09. The molecule has 2 atom stereocenters. The van der Waals surface area contributed by atoms with E-state index >= 15 is 0 Å². The lowest BCUT2D eigenvalue weighted by Gasteiger charge is -2.18. The highest BCUT2D eigenvalue weighted by molar-refractivity contribution is 7.92. The van der Waals surface area contributed by atoms with Crippen LogP contribution in [-0.4, -0.2) is 31.9 Å². The summed E-state index contributed by atoms with van der Waals surface area (Å²) in [4.78, 5) is 0.362. The van der Waals surface area contributed by atoms with E-state index in [1.165, 1.54) is 0 Å². The first-order chi connectivity index (χ1) is 9.32. The van der Waals surface area contributed by atoms with Crippen LogP contribution in [0.3, 0.4) is 0 Å². The Balaban J connectivity index is 2.86. The van der Waals surface area contributed by atoms with E-state index in [-0.39, 0.29) is 18.4 Å². The largest absolute Gasteiger partial charge is 0.396 e. The molecule has 5 heteroatoms. The topological polar surface area (TPSA) is 80.4 Å². The zero-order valence-electron chi connectivity index (χ0n) is 12.4. The van der Waals surface area contributed by atoms with Gasteiger partial charge in [-0.2, -0.15) is 0 Å². The predicted molar refractivity (Wildman–Crippen MR) is 81.4 cm³/mol. The molecular formula is C15H25NO3S. The van der Waals surface area contributed by atoms with Crippen molar-refractivity contribution < 1.29 is 13.5 Å². The van der Waals surface area contributed by atoms with Gasteiger partial charge in [0.2, 0.25) is 0 Å². The third-order valence-electron chi connectivity index (χ3n) is 3.68. The number of sulfone groups is 1. The van der Waals surface area contributed by atoms with Crippen LogP contribution in [0.2, 0.25) is 0 Å². The molecule has 0 aromatic heterocycles. The molecule has 0 radical (unpaired) electrons. The minimum Gasteiger partial charge on any atom is -0.396 e. The van der Waals surface area contributed by atoms with E-state index in [2.05, 4.69) is 6.92 Å². The molecule has 4 nitrogen and oxygen atoms in total. The van der Waals surface area contributed by atoms with E-state index in [4.69, 9.17) is 5.73 Å². The van der Waals surface area contributed by atoms with Gasteiger partial charge in [0.25, 0.3) is 0 Å². The average Bonchev–Trinajstić information content (AvgIpc) is 2.44. The van der Waals surface area contributed by atoms with Gasteiger partial charge in [0.15, 0.2) is 9.84 Å². The Hall–Kier alpha value is -0.910. The molecular weight excluding hydrogens is 274 g/mol. The summed E-state index contributed by atoms with van der Waals surface area (Å²) >= 11 is 0. The lowest BCUT2D eigenvalue weighted by Crippen LogP contribution is -2.20. The fourth-order valence-corrected chi connectivity index (χ4v) is 3.20. The van der Waals surface area contributed by atoms with Crippen molar-refractivity contribution in [2.24, 2.45) is 11.7 Å². The van der Waals surface area contributed by atoms with Gasteiger partial charge in [-0.25, -0.2) is 8.42 Å². The van der Waals surface area contributed by atoms with Crippen molar-refractivity contribution >= 4 is 9.84 Å². The smallest absolute Gasteiger partial charge is 0.180 e. The van der Waals surface area contributed by atoms with E-state index in [1.807, 2.05) is 12.1 Å². The molecule has 0 amide bonds. The summed E-state index contributed by atoms with van der Waals surface area (Å²) in [5, 5.41) is 8.76. The molecule has 3 N–H and O–H groups in total. The van der Waals surface area contributed by atoms with Crippen LogP contribution >= 0.6 is 0 Å². The molecule has 0 aliphatic carbocycles. The highest BCUT2D eigenvalue weighted by Gasteiger charge is 2.19. The summed E-state index contributed by atoms with van der Waals surface area (Å²) in [5.41, 5.74) is 6.65. The maximum Gasteiger partial charge on any atom is 0.180 e. The zero-order valence-corrected chi connectivity index (χ0v) is 13.2. The highest BCUT2D eigenvalue weighted by atomic mass is 32.2. The molecule has 0 fully saturated rings. The maximum atomic E-state index is 12.0. The molecule has 0 aliphatic rings. The van der Waals surface area contributed by atoms with Crippen molar-refractivity contribution in [1.29, 1.82) is 0 Å². The van der Waals surface area contributed by atoms with Crippen molar-refractivity contribution in [2.75, 3.05) is 13.2 Å². The van der Waals surface area contributed by atoms with Crippen molar-refractivity contribution in [3.05, 3.63) is 29.8 Å². The highest BCUT2D eigenvalue weighted by Crippen LogP contribution is 2.25. The van der Waals surface area contributed by atoms with E-state index in [1.54, 1.807) is 26.0 Å². The van der Waals surface area contributed by atoms with Crippen molar-refractivity contribution in [1.82, 2.24) is 0 Å². The summed E-state index contributed by atoms with van der Waals surface area (Å²) in [6.07, 6.45) is 0.795. The number of benzene rings is 1. The first-order valence-electron chi connectivity index (χ1n) is 6.97. The van der Waals surface area contributed by atoms with Crippen LogP contribution in [0.15, 0.2) is 29.2 Å². The fourth-order valence-electron chi connectivity index (χ4n) is 2.14. The van der Waals surface area contributed by atoms with Gasteiger partial charge >= 0.3 is 0 Å². The number of hydrogen-bond acceptors (Lipinski definition) is 4. The van der Waals surface area contributed by atoms with Crippen LogP contribution in [0.5, 0.6) is 0 Å². The summed E-state index contributed by atoms with van der Waals surface area (Å²) in [5.74, 6) is 0.329. The normalized spacial score (nSPS) is 15.3. The summed E-state index contributed by atoms with van der Waals surface area (Å²) in [6, 6.07) is 7.03. The number of rotatable bonds is 7. The third-order valence-corrected chi connectivity index (χ3v) is 5.85. The molecule has 1 aromatic carbocycles. The van der Waals surface area contributed by atoms with Gasteiger partial charge < -0.3 is 10.8 Å². The molecule has 0 heterocycles. The van der Waals surface area contributed by atoms with Gasteiger partial charge in [-0.05, 0) is 56.3 Å². The van der Waals surface area contributed by atoms with Gasteiger partial charge in [-0.3, -0.25) is 0 Å². The van der Waals surface area contributed by atoms with Crippen LogP contribution in [0.1, 0.15) is 38.7 Å². The second kappa shape index (κ2) is 7.20. The Morgan fingerprint density at radius 3 is 2.10 bits per heavy atom. The monoisotopic (exact) mass is 299 g/mol. The zero-order chi connectivity index (χ0) is 15.3. The van der Waals surface area contributed by atoms with E-state index in [9.17, 15) is 13.5 Å². The van der Waals surface area contributed by atoms with Crippen LogP contribution in [0.4, 0.5) is 0 Å². The number of aliphatic hydroxyl groups excluding tert-OH is 1. The minimum absolute atomic E-state index is 0.0840. The van der Waals surface area contributed by atoms with Gasteiger partial charge in [0, 0.05) is 6.61 Å². The molecule has 0 saturated carbocycles. The predicted octanol–water partition coefficient (Wildman–Crippen LogP) is 1.93. The third kappa shape index (κ3) is 4.04. The Labute approximate surface area is 121 Å². The standard InChI is InChI=1S/C15H25NO3S/c1-11(2)20(18,19)15-6-4-14(5-7-15)12(3)8-13(9-16)10-17/h4-7,11-13,17H,8-10,16H2,1-3H3. The van der Waals surface area contributed by atoms with Gasteiger partial charge in [0.1, 0.15) is 0 Å². The number of aliphatic hydroxyl groups is 1. The Kier molecular flexibility index (Phi) is 6.17. The second-order valence-electron chi connectivity index (χ2n) is 5.58. The van der Waals surface area contributed by atoms with Crippen LogP contribution in [0, 0.1) is 5.92 Å². The summed E-state index contributed by atoms with van der Waals surface area (Å²) in [6.45, 7) is 5.96.